The van der Waals surface area contributed by atoms with Crippen LogP contribution in [-0.4, -0.2) is 0 Å². The van der Waals surface area contributed by atoms with Crippen LogP contribution in [0.25, 0.3) is 0 Å². The standard InChI is InChI=1S/C11H22.C2H6/c1-5-9-11(8-4)10(6-2)7-3;1-2/h5-9H2,1-4H3;1-2H3. The summed E-state index contributed by atoms with van der Waals surface area (Å²) in [5, 5.41) is 0. The minimum absolute atomic E-state index is 1.25. The van der Waals surface area contributed by atoms with Gasteiger partial charge in [0.05, 0.1) is 0 Å². The van der Waals surface area contributed by atoms with Crippen LogP contribution in [0.5, 0.6) is 0 Å². The molecule has 0 radical (unpaired) electrons. The third kappa shape index (κ3) is 6.86. The summed E-state index contributed by atoms with van der Waals surface area (Å²) < 4.78 is 0. The molecule has 0 aliphatic rings. The van der Waals surface area contributed by atoms with E-state index in [4.69, 9.17) is 0 Å². The summed E-state index contributed by atoms with van der Waals surface area (Å²) in [6, 6.07) is 0. The van der Waals surface area contributed by atoms with E-state index in [-0.39, 0.29) is 0 Å². The molecule has 0 unspecified atom stereocenters. The van der Waals surface area contributed by atoms with Crippen LogP contribution < -0.4 is 0 Å². The maximum atomic E-state index is 2.27. The Kier molecular flexibility index (Phi) is 13.7. The average molecular weight is 184 g/mol. The zero-order chi connectivity index (χ0) is 10.7. The molecule has 0 bridgehead atoms. The van der Waals surface area contributed by atoms with Gasteiger partial charge in [-0.25, -0.2) is 0 Å². The Morgan fingerprint density at radius 3 is 1.31 bits per heavy atom. The molecule has 0 amide bonds. The molecule has 0 aromatic heterocycles. The Hall–Kier alpha value is -0.260. The van der Waals surface area contributed by atoms with E-state index in [1.165, 1.54) is 32.1 Å². The SMILES string of the molecule is CC.CCCC(CC)=C(CC)CC. The summed E-state index contributed by atoms with van der Waals surface area (Å²) in [6.07, 6.45) is 6.37. The van der Waals surface area contributed by atoms with Crippen LogP contribution in [0.1, 0.15) is 73.6 Å². The second kappa shape index (κ2) is 11.7. The lowest BCUT2D eigenvalue weighted by atomic mass is 9.97. The summed E-state index contributed by atoms with van der Waals surface area (Å²) in [4.78, 5) is 0. The normalized spacial score (nSPS) is 8.77. The molecule has 0 fully saturated rings. The zero-order valence-corrected chi connectivity index (χ0v) is 10.5. The molecule has 80 valence electrons. The fourth-order valence-corrected chi connectivity index (χ4v) is 1.66. The summed E-state index contributed by atoms with van der Waals surface area (Å²) in [5.74, 6) is 0. The zero-order valence-electron chi connectivity index (χ0n) is 10.5. The van der Waals surface area contributed by atoms with Gasteiger partial charge in [-0.3, -0.25) is 0 Å². The Morgan fingerprint density at radius 1 is 0.692 bits per heavy atom. The number of hydrogen-bond donors (Lipinski definition) is 0. The van der Waals surface area contributed by atoms with Gasteiger partial charge in [0.15, 0.2) is 0 Å². The van der Waals surface area contributed by atoms with Crippen molar-refractivity contribution in [2.24, 2.45) is 0 Å². The van der Waals surface area contributed by atoms with Gasteiger partial charge in [0.1, 0.15) is 0 Å². The van der Waals surface area contributed by atoms with Gasteiger partial charge in [-0.2, -0.15) is 0 Å². The molecular weight excluding hydrogens is 156 g/mol. The van der Waals surface area contributed by atoms with Crippen LogP contribution in [0, 0.1) is 0 Å². The second-order valence-corrected chi connectivity index (χ2v) is 3.02. The van der Waals surface area contributed by atoms with Crippen molar-refractivity contribution >= 4 is 0 Å². The molecule has 0 saturated heterocycles. The molecule has 0 aliphatic heterocycles. The monoisotopic (exact) mass is 184 g/mol. The van der Waals surface area contributed by atoms with Crippen molar-refractivity contribution in [3.63, 3.8) is 0 Å². The molecule has 0 nitrogen and oxygen atoms in total. The van der Waals surface area contributed by atoms with Crippen molar-refractivity contribution in [2.45, 2.75) is 73.6 Å². The third-order valence-electron chi connectivity index (χ3n) is 2.33. The maximum Gasteiger partial charge on any atom is -0.0320 e. The summed E-state index contributed by atoms with van der Waals surface area (Å²) in [6.45, 7) is 13.1. The lowest BCUT2D eigenvalue weighted by molar-refractivity contribution is 0.806. The Bertz CT molecular complexity index is 114. The van der Waals surface area contributed by atoms with Gasteiger partial charge >= 0.3 is 0 Å². The molecule has 0 heterocycles. The molecule has 0 rings (SSSR count). The van der Waals surface area contributed by atoms with Crippen molar-refractivity contribution in [3.05, 3.63) is 11.1 Å². The van der Waals surface area contributed by atoms with Gasteiger partial charge in [-0.1, -0.05) is 59.1 Å². The van der Waals surface area contributed by atoms with E-state index in [0.717, 1.165) is 0 Å². The van der Waals surface area contributed by atoms with Gasteiger partial charge in [-0.15, -0.1) is 0 Å². The summed E-state index contributed by atoms with van der Waals surface area (Å²) >= 11 is 0. The van der Waals surface area contributed by atoms with E-state index in [9.17, 15) is 0 Å². The molecule has 0 aliphatic carbocycles. The smallest absolute Gasteiger partial charge is 0.0320 e. The highest BCUT2D eigenvalue weighted by Crippen LogP contribution is 2.19. The molecule has 0 atom stereocenters. The van der Waals surface area contributed by atoms with E-state index in [1.54, 1.807) is 11.1 Å². The first-order chi connectivity index (χ1) is 6.29. The largest absolute Gasteiger partial charge is 0.0716 e. The Labute approximate surface area is 85.4 Å². The number of hydrogen-bond acceptors (Lipinski definition) is 0. The van der Waals surface area contributed by atoms with Crippen molar-refractivity contribution in [2.75, 3.05) is 0 Å². The van der Waals surface area contributed by atoms with Gasteiger partial charge in [0, 0.05) is 0 Å². The van der Waals surface area contributed by atoms with Gasteiger partial charge in [-0.05, 0) is 25.7 Å². The van der Waals surface area contributed by atoms with Gasteiger partial charge in [0.2, 0.25) is 0 Å². The van der Waals surface area contributed by atoms with Crippen molar-refractivity contribution in [1.29, 1.82) is 0 Å². The predicted molar refractivity (Wildman–Crippen MR) is 64.2 cm³/mol. The van der Waals surface area contributed by atoms with E-state index in [0.29, 0.717) is 0 Å². The van der Waals surface area contributed by atoms with Crippen LogP contribution >= 0.6 is 0 Å². The van der Waals surface area contributed by atoms with E-state index in [2.05, 4.69) is 27.7 Å². The molecule has 13 heavy (non-hydrogen) atoms. The van der Waals surface area contributed by atoms with Crippen LogP contribution in [0.15, 0.2) is 11.1 Å². The molecule has 0 N–H and O–H groups in total. The van der Waals surface area contributed by atoms with E-state index in [1.807, 2.05) is 13.8 Å². The summed E-state index contributed by atoms with van der Waals surface area (Å²) in [5.41, 5.74) is 3.40. The van der Waals surface area contributed by atoms with E-state index >= 15 is 0 Å². The number of rotatable bonds is 5. The highest BCUT2D eigenvalue weighted by Gasteiger charge is 1.99. The van der Waals surface area contributed by atoms with Crippen molar-refractivity contribution in [1.82, 2.24) is 0 Å². The molecular formula is C13H28. The molecule has 0 saturated carbocycles. The first-order valence-corrected chi connectivity index (χ1v) is 5.99. The quantitative estimate of drug-likeness (QED) is 0.506. The molecule has 0 aromatic rings. The fraction of sp³-hybridized carbons (Fsp3) is 0.846. The van der Waals surface area contributed by atoms with Crippen molar-refractivity contribution in [3.8, 4) is 0 Å². The highest BCUT2D eigenvalue weighted by atomic mass is 14.1. The predicted octanol–water partition coefficient (Wildman–Crippen LogP) is 5.34. The Balaban J connectivity index is 0. The third-order valence-corrected chi connectivity index (χ3v) is 2.33. The first kappa shape index (κ1) is 15.2. The fourth-order valence-electron chi connectivity index (χ4n) is 1.66. The molecule has 0 spiro atoms. The molecule has 0 aromatic carbocycles. The van der Waals surface area contributed by atoms with Crippen molar-refractivity contribution < 1.29 is 0 Å². The van der Waals surface area contributed by atoms with Gasteiger partial charge in [0.25, 0.3) is 0 Å². The number of allylic oxidation sites excluding steroid dienone is 2. The first-order valence-electron chi connectivity index (χ1n) is 5.99. The summed E-state index contributed by atoms with van der Waals surface area (Å²) in [7, 11) is 0. The lowest BCUT2D eigenvalue weighted by Gasteiger charge is -2.09. The minimum atomic E-state index is 1.25. The maximum absolute atomic E-state index is 2.27. The van der Waals surface area contributed by atoms with Crippen LogP contribution in [-0.2, 0) is 0 Å². The van der Waals surface area contributed by atoms with Crippen LogP contribution in [0.3, 0.4) is 0 Å². The van der Waals surface area contributed by atoms with Crippen LogP contribution in [0.4, 0.5) is 0 Å². The molecule has 0 heteroatoms. The van der Waals surface area contributed by atoms with Crippen LogP contribution in [0.2, 0.25) is 0 Å². The van der Waals surface area contributed by atoms with E-state index < -0.39 is 0 Å². The second-order valence-electron chi connectivity index (χ2n) is 3.02. The minimum Gasteiger partial charge on any atom is -0.0716 e. The average Bonchev–Trinajstić information content (AvgIpc) is 2.21. The lowest BCUT2D eigenvalue weighted by Crippen LogP contribution is -1.89. The highest BCUT2D eigenvalue weighted by molar-refractivity contribution is 5.13. The van der Waals surface area contributed by atoms with Gasteiger partial charge < -0.3 is 0 Å². The Morgan fingerprint density at radius 2 is 1.08 bits per heavy atom. The topological polar surface area (TPSA) is 0 Å².